The van der Waals surface area contributed by atoms with E-state index in [1.165, 1.54) is 0 Å². The second kappa shape index (κ2) is 8.85. The Bertz CT molecular complexity index is 1610. The number of nitrogens with two attached hydrogens (primary N) is 1. The van der Waals surface area contributed by atoms with Crippen molar-refractivity contribution >= 4 is 10.9 Å². The monoisotopic (exact) mass is 456 g/mol. The highest BCUT2D eigenvalue weighted by molar-refractivity contribution is 5.97. The predicted octanol–water partition coefficient (Wildman–Crippen LogP) is 4.66. The average molecular weight is 457 g/mol. The highest BCUT2D eigenvalue weighted by atomic mass is 15.2. The van der Waals surface area contributed by atoms with Crippen LogP contribution in [0, 0.1) is 0 Å². The number of aromatic nitrogens is 7. The van der Waals surface area contributed by atoms with Crippen LogP contribution in [0.4, 0.5) is 0 Å². The number of pyridine rings is 2. The molecule has 0 atom stereocenters. The van der Waals surface area contributed by atoms with Gasteiger partial charge in [-0.05, 0) is 29.3 Å². The largest absolute Gasteiger partial charge is 0.326 e. The summed E-state index contributed by atoms with van der Waals surface area (Å²) in [4.78, 5) is 22.8. The Hall–Kier alpha value is -4.82. The van der Waals surface area contributed by atoms with Gasteiger partial charge in [-0.3, -0.25) is 10.1 Å². The maximum absolute atomic E-state index is 5.80. The van der Waals surface area contributed by atoms with Gasteiger partial charge in [-0.1, -0.05) is 54.6 Å². The molecule has 0 spiro atoms. The molecule has 6 rings (SSSR count). The van der Waals surface area contributed by atoms with Crippen LogP contribution in [0.25, 0.3) is 56.5 Å². The van der Waals surface area contributed by atoms with E-state index in [9.17, 15) is 0 Å². The molecule has 3 N–H and O–H groups in total. The summed E-state index contributed by atoms with van der Waals surface area (Å²) in [5.74, 6) is 1.41. The summed E-state index contributed by atoms with van der Waals surface area (Å²) in [5.41, 5.74) is 12.3. The molecule has 0 aliphatic rings. The molecule has 0 bridgehead atoms. The van der Waals surface area contributed by atoms with Gasteiger partial charge in [-0.25, -0.2) is 19.9 Å². The molecule has 8 heteroatoms. The zero-order chi connectivity index (χ0) is 23.6. The van der Waals surface area contributed by atoms with Crippen LogP contribution < -0.4 is 5.73 Å². The van der Waals surface area contributed by atoms with E-state index >= 15 is 0 Å². The minimum absolute atomic E-state index is 0.457. The lowest BCUT2D eigenvalue weighted by Gasteiger charge is -2.13. The van der Waals surface area contributed by atoms with Crippen molar-refractivity contribution in [1.82, 2.24) is 35.1 Å². The van der Waals surface area contributed by atoms with E-state index < -0.39 is 0 Å². The van der Waals surface area contributed by atoms with Crippen molar-refractivity contribution in [1.29, 1.82) is 0 Å². The molecule has 0 fully saturated rings. The number of H-pyrrole nitrogens is 1. The molecule has 35 heavy (non-hydrogen) atoms. The second-order valence-corrected chi connectivity index (χ2v) is 7.96. The van der Waals surface area contributed by atoms with E-state index in [1.54, 1.807) is 24.7 Å². The van der Waals surface area contributed by atoms with Crippen LogP contribution >= 0.6 is 0 Å². The Labute approximate surface area is 201 Å². The van der Waals surface area contributed by atoms with Crippen molar-refractivity contribution in [3.63, 3.8) is 0 Å². The zero-order valence-corrected chi connectivity index (χ0v) is 18.6. The summed E-state index contributed by atoms with van der Waals surface area (Å²) < 4.78 is 0. The molecule has 4 aromatic heterocycles. The molecule has 0 radical (unpaired) electrons. The van der Waals surface area contributed by atoms with Crippen molar-refractivity contribution in [3.05, 3.63) is 97.0 Å². The number of rotatable bonds is 5. The lowest BCUT2D eigenvalue weighted by atomic mass is 9.96. The Kier molecular flexibility index (Phi) is 5.25. The molecule has 0 amide bonds. The molecule has 6 aromatic rings. The van der Waals surface area contributed by atoms with E-state index in [1.807, 2.05) is 36.4 Å². The first kappa shape index (κ1) is 20.8. The summed E-state index contributed by atoms with van der Waals surface area (Å²) in [5, 5.41) is 8.17. The molecule has 0 saturated heterocycles. The molecule has 0 aliphatic carbocycles. The SMILES string of the molecule is NCc1ccc(-c2nc3ccnc(-c4n[nH]c(-c5ncccn5)n4)c3cc2-c2ccccc2)cc1. The summed E-state index contributed by atoms with van der Waals surface area (Å²) in [6.45, 7) is 0.499. The molecule has 168 valence electrons. The quantitative estimate of drug-likeness (QED) is 0.387. The summed E-state index contributed by atoms with van der Waals surface area (Å²) in [7, 11) is 0. The summed E-state index contributed by atoms with van der Waals surface area (Å²) in [6.07, 6.45) is 5.06. The molecule has 2 aromatic carbocycles. The van der Waals surface area contributed by atoms with E-state index in [4.69, 9.17) is 10.7 Å². The van der Waals surface area contributed by atoms with Crippen LogP contribution in [0.5, 0.6) is 0 Å². The highest BCUT2D eigenvalue weighted by Gasteiger charge is 2.17. The third-order valence-electron chi connectivity index (χ3n) is 5.77. The van der Waals surface area contributed by atoms with Gasteiger partial charge in [0, 0.05) is 41.6 Å². The maximum atomic E-state index is 5.80. The minimum Gasteiger partial charge on any atom is -0.326 e. The van der Waals surface area contributed by atoms with Crippen LogP contribution in [0.15, 0.2) is 91.4 Å². The number of nitrogens with one attached hydrogen (secondary N) is 1. The van der Waals surface area contributed by atoms with Gasteiger partial charge in [-0.15, -0.1) is 0 Å². The molecular weight excluding hydrogens is 436 g/mol. The van der Waals surface area contributed by atoms with Crippen molar-refractivity contribution in [2.45, 2.75) is 6.54 Å². The number of fused-ring (bicyclic) bond motifs is 1. The number of aromatic amines is 1. The maximum Gasteiger partial charge on any atom is 0.200 e. The third-order valence-corrected chi connectivity index (χ3v) is 5.77. The van der Waals surface area contributed by atoms with Crippen LogP contribution in [0.3, 0.4) is 0 Å². The first-order chi connectivity index (χ1) is 17.3. The summed E-state index contributed by atoms with van der Waals surface area (Å²) >= 11 is 0. The Balaban J connectivity index is 1.54. The first-order valence-electron chi connectivity index (χ1n) is 11.1. The Morgan fingerprint density at radius 1 is 0.686 bits per heavy atom. The van der Waals surface area contributed by atoms with Gasteiger partial charge in [0.05, 0.1) is 11.2 Å². The van der Waals surface area contributed by atoms with Gasteiger partial charge in [0.1, 0.15) is 5.69 Å². The normalized spacial score (nSPS) is 11.1. The van der Waals surface area contributed by atoms with Crippen LogP contribution in [-0.4, -0.2) is 35.1 Å². The molecule has 8 nitrogen and oxygen atoms in total. The highest BCUT2D eigenvalue weighted by Crippen LogP contribution is 2.35. The van der Waals surface area contributed by atoms with Crippen molar-refractivity contribution < 1.29 is 0 Å². The van der Waals surface area contributed by atoms with Gasteiger partial charge in [0.25, 0.3) is 0 Å². The van der Waals surface area contributed by atoms with Crippen LogP contribution in [-0.2, 0) is 6.54 Å². The van der Waals surface area contributed by atoms with E-state index in [-0.39, 0.29) is 0 Å². The van der Waals surface area contributed by atoms with E-state index in [0.717, 1.165) is 38.9 Å². The lowest BCUT2D eigenvalue weighted by Crippen LogP contribution is -1.97. The molecule has 0 saturated carbocycles. The minimum atomic E-state index is 0.457. The smallest absolute Gasteiger partial charge is 0.200 e. The predicted molar refractivity (Wildman–Crippen MR) is 135 cm³/mol. The van der Waals surface area contributed by atoms with Gasteiger partial charge in [0.15, 0.2) is 11.6 Å². The molecule has 0 aliphatic heterocycles. The van der Waals surface area contributed by atoms with Crippen molar-refractivity contribution in [3.8, 4) is 45.6 Å². The number of benzene rings is 2. The summed E-state index contributed by atoms with van der Waals surface area (Å²) in [6, 6.07) is 24.2. The zero-order valence-electron chi connectivity index (χ0n) is 18.6. The standard InChI is InChI=1S/C27H20N8/c28-16-17-7-9-19(10-8-17)23-20(18-5-2-1-3-6-18)15-21-22(32-23)11-14-29-24(21)25-33-27(35-34-25)26-30-12-4-13-31-26/h1-15H,16,28H2,(H,33,34,35). The van der Waals surface area contributed by atoms with Crippen molar-refractivity contribution in [2.75, 3.05) is 0 Å². The van der Waals surface area contributed by atoms with Crippen molar-refractivity contribution in [2.24, 2.45) is 5.73 Å². The first-order valence-corrected chi connectivity index (χ1v) is 11.1. The van der Waals surface area contributed by atoms with Gasteiger partial charge in [0.2, 0.25) is 5.82 Å². The molecule has 0 unspecified atom stereocenters. The lowest BCUT2D eigenvalue weighted by molar-refractivity contribution is 1.06. The molecule has 4 heterocycles. The number of hydrogen-bond acceptors (Lipinski definition) is 7. The number of hydrogen-bond donors (Lipinski definition) is 2. The Morgan fingerprint density at radius 2 is 1.49 bits per heavy atom. The molecular formula is C27H20N8. The van der Waals surface area contributed by atoms with Gasteiger partial charge < -0.3 is 5.73 Å². The van der Waals surface area contributed by atoms with Gasteiger partial charge >= 0.3 is 0 Å². The second-order valence-electron chi connectivity index (χ2n) is 7.96. The third kappa shape index (κ3) is 3.92. The van der Waals surface area contributed by atoms with E-state index in [2.05, 4.69) is 60.5 Å². The number of nitrogens with zero attached hydrogens (tertiary/aromatic N) is 6. The Morgan fingerprint density at radius 3 is 2.26 bits per heavy atom. The fourth-order valence-corrected chi connectivity index (χ4v) is 4.02. The topological polar surface area (TPSA) is 119 Å². The fraction of sp³-hybridized carbons (Fsp3) is 0.0370. The fourth-order valence-electron chi connectivity index (χ4n) is 4.02. The van der Waals surface area contributed by atoms with Crippen LogP contribution in [0.2, 0.25) is 0 Å². The van der Waals surface area contributed by atoms with Gasteiger partial charge in [-0.2, -0.15) is 5.10 Å². The average Bonchev–Trinajstić information content (AvgIpc) is 3.43. The van der Waals surface area contributed by atoms with Crippen LogP contribution in [0.1, 0.15) is 5.56 Å². The van der Waals surface area contributed by atoms with E-state index in [0.29, 0.717) is 29.7 Å².